The Morgan fingerprint density at radius 2 is 1.93 bits per heavy atom. The van der Waals surface area contributed by atoms with Crippen LogP contribution in [0.25, 0.3) is 0 Å². The topological polar surface area (TPSA) is 71.3 Å². The van der Waals surface area contributed by atoms with Crippen LogP contribution in [-0.4, -0.2) is 11.8 Å². The highest BCUT2D eigenvalue weighted by molar-refractivity contribution is 6.02. The summed E-state index contributed by atoms with van der Waals surface area (Å²) in [5, 5.41) is 4.72. The average molecular weight is 378 g/mol. The van der Waals surface area contributed by atoms with Crippen molar-refractivity contribution in [1.82, 2.24) is 0 Å². The minimum absolute atomic E-state index is 0.0220. The van der Waals surface area contributed by atoms with E-state index in [1.54, 1.807) is 0 Å². The Morgan fingerprint density at radius 1 is 1.11 bits per heavy atom. The molecule has 1 aromatic heterocycles. The lowest BCUT2D eigenvalue weighted by Crippen LogP contribution is -2.25. The molecule has 1 heterocycles. The van der Waals surface area contributed by atoms with E-state index in [2.05, 4.69) is 10.6 Å². The van der Waals surface area contributed by atoms with Gasteiger partial charge in [-0.15, -0.1) is 0 Å². The first kappa shape index (κ1) is 18.8. The number of nitrogens with one attached hydrogen (secondary N) is 2. The molecule has 0 saturated heterocycles. The van der Waals surface area contributed by atoms with Gasteiger partial charge in [0.05, 0.1) is 17.5 Å². The summed E-state index contributed by atoms with van der Waals surface area (Å²) in [4.78, 5) is 24.2. The number of rotatable bonds is 4. The van der Waals surface area contributed by atoms with Crippen LogP contribution >= 0.6 is 0 Å². The van der Waals surface area contributed by atoms with Crippen molar-refractivity contribution in [3.63, 3.8) is 0 Å². The highest BCUT2D eigenvalue weighted by atomic mass is 19.4. The fourth-order valence-electron chi connectivity index (χ4n) is 2.83. The zero-order chi connectivity index (χ0) is 19.4. The van der Waals surface area contributed by atoms with E-state index in [9.17, 15) is 22.8 Å². The molecule has 0 bridgehead atoms. The minimum atomic E-state index is -4.69. The van der Waals surface area contributed by atoms with Crippen molar-refractivity contribution in [2.24, 2.45) is 5.92 Å². The van der Waals surface area contributed by atoms with E-state index in [4.69, 9.17) is 4.42 Å². The maximum Gasteiger partial charge on any atom is 0.418 e. The Balaban J connectivity index is 1.80. The number of furan rings is 1. The van der Waals surface area contributed by atoms with E-state index in [1.165, 1.54) is 24.5 Å². The Hall–Kier alpha value is -3.03. The third-order valence-electron chi connectivity index (χ3n) is 4.23. The standard InChI is InChI=1S/C19H17F3N2O3/c20-19(21,22)14-11-13(23-18(26)16-7-4-10-27-16)8-9-15(14)24-17(25)12-5-2-1-3-6-12/h1-2,4,7-12H,3,5-6H2,(H,23,26)(H,24,25)/t12-/m1/s1. The van der Waals surface area contributed by atoms with E-state index < -0.39 is 23.6 Å². The minimum Gasteiger partial charge on any atom is -0.459 e. The molecule has 5 nitrogen and oxygen atoms in total. The normalized spacial score (nSPS) is 16.8. The highest BCUT2D eigenvalue weighted by Crippen LogP contribution is 2.37. The Kier molecular flexibility index (Phi) is 5.34. The molecule has 3 rings (SSSR count). The Morgan fingerprint density at radius 3 is 2.56 bits per heavy atom. The van der Waals surface area contributed by atoms with Crippen molar-refractivity contribution in [3.05, 3.63) is 60.1 Å². The fourth-order valence-corrected chi connectivity index (χ4v) is 2.83. The molecule has 1 aliphatic rings. The summed E-state index contributed by atoms with van der Waals surface area (Å²) >= 11 is 0. The van der Waals surface area contributed by atoms with E-state index in [1.807, 2.05) is 12.2 Å². The number of anilines is 2. The first-order chi connectivity index (χ1) is 12.8. The van der Waals surface area contributed by atoms with Gasteiger partial charge in [0.1, 0.15) is 0 Å². The largest absolute Gasteiger partial charge is 0.459 e. The summed E-state index contributed by atoms with van der Waals surface area (Å²) in [6.45, 7) is 0. The van der Waals surface area contributed by atoms with Gasteiger partial charge in [-0.05, 0) is 49.6 Å². The second-order valence-corrected chi connectivity index (χ2v) is 6.16. The van der Waals surface area contributed by atoms with Crippen molar-refractivity contribution in [1.29, 1.82) is 0 Å². The third-order valence-corrected chi connectivity index (χ3v) is 4.23. The third kappa shape index (κ3) is 4.58. The summed E-state index contributed by atoms with van der Waals surface area (Å²) in [7, 11) is 0. The maximum atomic E-state index is 13.4. The molecule has 1 atom stereocenters. The molecule has 0 spiro atoms. The zero-order valence-corrected chi connectivity index (χ0v) is 14.2. The number of amides is 2. The molecular weight excluding hydrogens is 361 g/mol. The van der Waals surface area contributed by atoms with Crippen molar-refractivity contribution < 1.29 is 27.2 Å². The van der Waals surface area contributed by atoms with Crippen LogP contribution in [0.5, 0.6) is 0 Å². The predicted octanol–water partition coefficient (Wildman–Crippen LogP) is 4.85. The summed E-state index contributed by atoms with van der Waals surface area (Å²) in [5.41, 5.74) is -1.42. The molecular formula is C19H17F3N2O3. The number of hydrogen-bond acceptors (Lipinski definition) is 3. The number of carbonyl (C=O) groups excluding carboxylic acids is 2. The Labute approximate surface area is 153 Å². The molecule has 0 fully saturated rings. The Bertz CT molecular complexity index is 858. The monoisotopic (exact) mass is 378 g/mol. The van der Waals surface area contributed by atoms with Gasteiger partial charge in [0.2, 0.25) is 5.91 Å². The van der Waals surface area contributed by atoms with Gasteiger partial charge in [-0.3, -0.25) is 9.59 Å². The summed E-state index contributed by atoms with van der Waals surface area (Å²) in [6.07, 6.45) is 2.22. The van der Waals surface area contributed by atoms with E-state index in [0.29, 0.717) is 12.8 Å². The van der Waals surface area contributed by atoms with Crippen molar-refractivity contribution in [2.45, 2.75) is 25.4 Å². The summed E-state index contributed by atoms with van der Waals surface area (Å²) < 4.78 is 45.2. The van der Waals surface area contributed by atoms with Gasteiger partial charge in [-0.1, -0.05) is 12.2 Å². The SMILES string of the molecule is O=C(Nc1ccc(NC(=O)[C@@H]2CC=CCC2)c(C(F)(F)F)c1)c1ccco1. The molecule has 27 heavy (non-hydrogen) atoms. The van der Waals surface area contributed by atoms with Gasteiger partial charge in [-0.2, -0.15) is 13.2 Å². The lowest BCUT2D eigenvalue weighted by atomic mass is 9.93. The second kappa shape index (κ2) is 7.69. The molecule has 0 unspecified atom stereocenters. The van der Waals surface area contributed by atoms with Crippen LogP contribution in [0.1, 0.15) is 35.4 Å². The van der Waals surface area contributed by atoms with Crippen LogP contribution in [0.15, 0.2) is 53.2 Å². The molecule has 1 aromatic carbocycles. The average Bonchev–Trinajstić information content (AvgIpc) is 3.17. The van der Waals surface area contributed by atoms with Crippen LogP contribution in [0, 0.1) is 5.92 Å². The van der Waals surface area contributed by atoms with Gasteiger partial charge in [-0.25, -0.2) is 0 Å². The van der Waals surface area contributed by atoms with E-state index >= 15 is 0 Å². The van der Waals surface area contributed by atoms with Gasteiger partial charge in [0.15, 0.2) is 5.76 Å². The first-order valence-corrected chi connectivity index (χ1v) is 8.36. The van der Waals surface area contributed by atoms with Crippen molar-refractivity contribution in [2.75, 3.05) is 10.6 Å². The van der Waals surface area contributed by atoms with Crippen LogP contribution in [-0.2, 0) is 11.0 Å². The smallest absolute Gasteiger partial charge is 0.418 e. The number of alkyl halides is 3. The lowest BCUT2D eigenvalue weighted by Gasteiger charge is -2.20. The molecule has 0 saturated carbocycles. The van der Waals surface area contributed by atoms with Crippen molar-refractivity contribution >= 4 is 23.2 Å². The highest BCUT2D eigenvalue weighted by Gasteiger charge is 2.35. The van der Waals surface area contributed by atoms with Gasteiger partial charge < -0.3 is 15.1 Å². The molecule has 8 heteroatoms. The lowest BCUT2D eigenvalue weighted by molar-refractivity contribution is -0.137. The molecule has 0 aliphatic heterocycles. The molecule has 2 N–H and O–H groups in total. The number of benzene rings is 1. The molecule has 2 amide bonds. The number of carbonyl (C=O) groups is 2. The number of halogens is 3. The summed E-state index contributed by atoms with van der Waals surface area (Å²) in [5.74, 6) is -1.49. The molecule has 1 aliphatic carbocycles. The fraction of sp³-hybridized carbons (Fsp3) is 0.263. The van der Waals surface area contributed by atoms with Crippen molar-refractivity contribution in [3.8, 4) is 0 Å². The van der Waals surface area contributed by atoms with Crippen LogP contribution in [0.4, 0.5) is 24.5 Å². The van der Waals surface area contributed by atoms with E-state index in [0.717, 1.165) is 18.6 Å². The number of hydrogen-bond donors (Lipinski definition) is 2. The van der Waals surface area contributed by atoms with Gasteiger partial charge in [0.25, 0.3) is 5.91 Å². The molecule has 2 aromatic rings. The van der Waals surface area contributed by atoms with Gasteiger partial charge >= 0.3 is 6.18 Å². The first-order valence-electron chi connectivity index (χ1n) is 8.36. The molecule has 142 valence electrons. The maximum absolute atomic E-state index is 13.4. The zero-order valence-electron chi connectivity index (χ0n) is 14.2. The number of allylic oxidation sites excluding steroid dienone is 2. The van der Waals surface area contributed by atoms with Crippen LogP contribution in [0.2, 0.25) is 0 Å². The summed E-state index contributed by atoms with van der Waals surface area (Å²) in [6, 6.07) is 6.11. The molecule has 0 radical (unpaired) electrons. The van der Waals surface area contributed by atoms with Crippen LogP contribution in [0.3, 0.4) is 0 Å². The van der Waals surface area contributed by atoms with E-state index in [-0.39, 0.29) is 23.1 Å². The van der Waals surface area contributed by atoms with Gasteiger partial charge in [0, 0.05) is 11.6 Å². The van der Waals surface area contributed by atoms with Crippen LogP contribution < -0.4 is 10.6 Å². The predicted molar refractivity (Wildman–Crippen MR) is 93.2 cm³/mol. The quantitative estimate of drug-likeness (QED) is 0.748. The second-order valence-electron chi connectivity index (χ2n) is 6.16.